The van der Waals surface area contributed by atoms with E-state index in [2.05, 4.69) is 27.0 Å². The van der Waals surface area contributed by atoms with Crippen LogP contribution in [0.1, 0.15) is 17.3 Å². The summed E-state index contributed by atoms with van der Waals surface area (Å²) in [6.07, 6.45) is 3.16. The van der Waals surface area contributed by atoms with E-state index in [1.807, 2.05) is 6.07 Å². The normalized spacial score (nSPS) is 12.1. The molecule has 92 valence electrons. The van der Waals surface area contributed by atoms with Crippen molar-refractivity contribution in [2.75, 3.05) is 6.61 Å². The van der Waals surface area contributed by atoms with Gasteiger partial charge in [0.15, 0.2) is 0 Å². The summed E-state index contributed by atoms with van der Waals surface area (Å²) in [7, 11) is 0. The average molecular weight is 307 g/mol. The molecule has 0 aliphatic rings. The highest BCUT2D eigenvalue weighted by atomic mass is 79.9. The number of hydrogen-bond donors (Lipinski definition) is 2. The van der Waals surface area contributed by atoms with Gasteiger partial charge in [0.1, 0.15) is 6.07 Å². The van der Waals surface area contributed by atoms with Gasteiger partial charge in [0.25, 0.3) is 0 Å². The summed E-state index contributed by atoms with van der Waals surface area (Å²) in [5.74, 6) is 0. The minimum Gasteiger partial charge on any atom is -0.394 e. The maximum atomic E-state index is 9.12. The Hall–Kier alpha value is -1.68. The topological polar surface area (TPSA) is 87.9 Å². The van der Waals surface area contributed by atoms with Crippen LogP contribution >= 0.6 is 15.9 Å². The molecule has 2 aromatic rings. The molecule has 1 aromatic carbocycles. The van der Waals surface area contributed by atoms with Crippen LogP contribution in [-0.2, 0) is 0 Å². The van der Waals surface area contributed by atoms with Crippen molar-refractivity contribution in [3.05, 3.63) is 46.5 Å². The summed E-state index contributed by atoms with van der Waals surface area (Å²) in [5.41, 5.74) is 7.66. The molecular weight excluding hydrogens is 296 g/mol. The lowest BCUT2D eigenvalue weighted by Gasteiger charge is -2.13. The quantitative estimate of drug-likeness (QED) is 0.899. The first-order chi connectivity index (χ1) is 8.67. The predicted molar refractivity (Wildman–Crippen MR) is 70.0 cm³/mol. The van der Waals surface area contributed by atoms with E-state index in [1.54, 1.807) is 29.2 Å². The zero-order chi connectivity index (χ0) is 13.1. The Kier molecular flexibility index (Phi) is 3.77. The van der Waals surface area contributed by atoms with Crippen LogP contribution < -0.4 is 5.73 Å². The molecule has 0 radical (unpaired) electrons. The van der Waals surface area contributed by atoms with Crippen molar-refractivity contribution >= 4 is 15.9 Å². The van der Waals surface area contributed by atoms with Gasteiger partial charge in [-0.15, -0.1) is 0 Å². The molecule has 0 saturated carbocycles. The van der Waals surface area contributed by atoms with E-state index in [4.69, 9.17) is 16.1 Å². The molecule has 0 spiro atoms. The van der Waals surface area contributed by atoms with Crippen LogP contribution in [0.3, 0.4) is 0 Å². The summed E-state index contributed by atoms with van der Waals surface area (Å²) in [6.45, 7) is -0.179. The van der Waals surface area contributed by atoms with Crippen LogP contribution in [0.5, 0.6) is 0 Å². The van der Waals surface area contributed by atoms with Gasteiger partial charge >= 0.3 is 0 Å². The zero-order valence-electron chi connectivity index (χ0n) is 9.42. The van der Waals surface area contributed by atoms with Crippen LogP contribution in [0.25, 0.3) is 5.69 Å². The van der Waals surface area contributed by atoms with Crippen molar-refractivity contribution in [3.8, 4) is 11.8 Å². The Balaban J connectivity index is 2.59. The number of aliphatic hydroxyl groups is 1. The third kappa shape index (κ3) is 2.29. The van der Waals surface area contributed by atoms with Crippen molar-refractivity contribution in [3.63, 3.8) is 0 Å². The molecule has 18 heavy (non-hydrogen) atoms. The smallest absolute Gasteiger partial charge is 0.101 e. The van der Waals surface area contributed by atoms with Crippen LogP contribution in [-0.4, -0.2) is 21.3 Å². The maximum absolute atomic E-state index is 9.12. The van der Waals surface area contributed by atoms with Gasteiger partial charge in [-0.2, -0.15) is 5.26 Å². The summed E-state index contributed by atoms with van der Waals surface area (Å²) in [4.78, 5) is 4.02. The van der Waals surface area contributed by atoms with Crippen molar-refractivity contribution in [1.29, 1.82) is 5.26 Å². The van der Waals surface area contributed by atoms with Gasteiger partial charge in [0.05, 0.1) is 42.1 Å². The second-order valence-electron chi connectivity index (χ2n) is 3.75. The average Bonchev–Trinajstić information content (AvgIpc) is 2.86. The molecule has 0 aliphatic heterocycles. The molecular formula is C12H11BrN4O. The molecule has 2 rings (SSSR count). The second kappa shape index (κ2) is 5.31. The molecule has 0 bridgehead atoms. The van der Waals surface area contributed by atoms with Crippen LogP contribution in [0.2, 0.25) is 0 Å². The van der Waals surface area contributed by atoms with Gasteiger partial charge in [-0.05, 0) is 18.2 Å². The molecule has 1 unspecified atom stereocenters. The molecule has 0 saturated heterocycles. The summed E-state index contributed by atoms with van der Waals surface area (Å²) < 4.78 is 2.57. The number of imidazole rings is 1. The largest absolute Gasteiger partial charge is 0.394 e. The first kappa shape index (κ1) is 12.8. The van der Waals surface area contributed by atoms with Crippen LogP contribution in [0, 0.1) is 11.3 Å². The lowest BCUT2D eigenvalue weighted by Crippen LogP contribution is -2.18. The Morgan fingerprint density at radius 3 is 3.00 bits per heavy atom. The number of nitriles is 1. The Morgan fingerprint density at radius 2 is 2.33 bits per heavy atom. The fourth-order valence-electron chi connectivity index (χ4n) is 1.67. The predicted octanol–water partition coefficient (Wildman–Crippen LogP) is 1.50. The second-order valence-corrected chi connectivity index (χ2v) is 4.67. The number of nitrogens with two attached hydrogens (primary N) is 1. The van der Waals surface area contributed by atoms with Crippen LogP contribution in [0.4, 0.5) is 0 Å². The highest BCUT2D eigenvalue weighted by Crippen LogP contribution is 2.23. The summed E-state index contributed by atoms with van der Waals surface area (Å²) in [5, 5.41) is 18.2. The number of aromatic nitrogens is 2. The standard InChI is InChI=1S/C12H11BrN4O/c13-9-2-1-8(4-14)11(3-9)17-7-16-5-12(17)10(15)6-18/h1-3,5,7,10,18H,6,15H2. The third-order valence-corrected chi connectivity index (χ3v) is 3.08. The van der Waals surface area contributed by atoms with E-state index < -0.39 is 6.04 Å². The lowest BCUT2D eigenvalue weighted by molar-refractivity contribution is 0.265. The van der Waals surface area contributed by atoms with Gasteiger partial charge in [-0.1, -0.05) is 15.9 Å². The Morgan fingerprint density at radius 1 is 1.56 bits per heavy atom. The number of aliphatic hydroxyl groups excluding tert-OH is 1. The number of hydrogen-bond acceptors (Lipinski definition) is 4. The fourth-order valence-corrected chi connectivity index (χ4v) is 2.02. The molecule has 1 atom stereocenters. The molecule has 1 aromatic heterocycles. The van der Waals surface area contributed by atoms with Crippen molar-refractivity contribution < 1.29 is 5.11 Å². The molecule has 1 heterocycles. The van der Waals surface area contributed by atoms with E-state index in [9.17, 15) is 0 Å². The van der Waals surface area contributed by atoms with E-state index in [-0.39, 0.29) is 6.61 Å². The van der Waals surface area contributed by atoms with E-state index in [0.717, 1.165) is 4.47 Å². The highest BCUT2D eigenvalue weighted by molar-refractivity contribution is 9.10. The fraction of sp³-hybridized carbons (Fsp3) is 0.167. The summed E-state index contributed by atoms with van der Waals surface area (Å²) in [6, 6.07) is 6.92. The van der Waals surface area contributed by atoms with Gasteiger partial charge in [0.2, 0.25) is 0 Å². The SMILES string of the molecule is N#Cc1ccc(Br)cc1-n1cncc1C(N)CO. The lowest BCUT2D eigenvalue weighted by atomic mass is 10.1. The van der Waals surface area contributed by atoms with Crippen LogP contribution in [0.15, 0.2) is 35.2 Å². The minimum absolute atomic E-state index is 0.179. The third-order valence-electron chi connectivity index (χ3n) is 2.58. The maximum Gasteiger partial charge on any atom is 0.101 e. The number of halogens is 1. The number of rotatable bonds is 3. The number of benzene rings is 1. The molecule has 0 aliphatic carbocycles. The molecule has 0 fully saturated rings. The molecule has 5 nitrogen and oxygen atoms in total. The Bertz CT molecular complexity index is 602. The first-order valence-corrected chi connectivity index (χ1v) is 6.05. The monoisotopic (exact) mass is 306 g/mol. The highest BCUT2D eigenvalue weighted by Gasteiger charge is 2.14. The van der Waals surface area contributed by atoms with E-state index in [1.165, 1.54) is 0 Å². The Labute approximate surface area is 113 Å². The first-order valence-electron chi connectivity index (χ1n) is 5.26. The van der Waals surface area contributed by atoms with Gasteiger partial charge in [-0.3, -0.25) is 0 Å². The molecule has 0 amide bonds. The minimum atomic E-state index is -0.530. The van der Waals surface area contributed by atoms with Gasteiger partial charge in [-0.25, -0.2) is 4.98 Å². The molecule has 6 heteroatoms. The number of nitrogens with zero attached hydrogens (tertiary/aromatic N) is 3. The molecule has 3 N–H and O–H groups in total. The van der Waals surface area contributed by atoms with Gasteiger partial charge in [0, 0.05) is 4.47 Å². The van der Waals surface area contributed by atoms with Crippen molar-refractivity contribution in [2.24, 2.45) is 5.73 Å². The summed E-state index contributed by atoms with van der Waals surface area (Å²) >= 11 is 3.37. The van der Waals surface area contributed by atoms with Crippen molar-refractivity contribution in [2.45, 2.75) is 6.04 Å². The van der Waals surface area contributed by atoms with Crippen molar-refractivity contribution in [1.82, 2.24) is 9.55 Å². The van der Waals surface area contributed by atoms with E-state index in [0.29, 0.717) is 16.9 Å². The zero-order valence-corrected chi connectivity index (χ0v) is 11.0. The van der Waals surface area contributed by atoms with Gasteiger partial charge < -0.3 is 15.4 Å². The van der Waals surface area contributed by atoms with E-state index >= 15 is 0 Å².